The third-order valence-electron chi connectivity index (χ3n) is 2.49. The minimum Gasteiger partial charge on any atom is -0.372 e. The van der Waals surface area contributed by atoms with Crippen LogP contribution in [0.5, 0.6) is 0 Å². The molecule has 0 N–H and O–H groups in total. The van der Waals surface area contributed by atoms with Crippen molar-refractivity contribution in [1.29, 1.82) is 0 Å². The highest BCUT2D eigenvalue weighted by molar-refractivity contribution is 7.09. The number of ether oxygens (including phenoxy) is 1. The van der Waals surface area contributed by atoms with Crippen molar-refractivity contribution in [2.75, 3.05) is 6.61 Å². The minimum atomic E-state index is -0.514. The van der Waals surface area contributed by atoms with Crippen LogP contribution in [0.4, 0.5) is 5.82 Å². The number of nitrogens with zero attached hydrogens (tertiary/aromatic N) is 4. The fraction of sp³-hybridized carbons (Fsp3) is 0.455. The molecular weight excluding hydrogens is 268 g/mol. The molecule has 2 aromatic heterocycles. The summed E-state index contributed by atoms with van der Waals surface area (Å²) >= 11 is 1.53. The number of rotatable bonds is 6. The fourth-order valence-corrected chi connectivity index (χ4v) is 2.43. The number of hydrogen-bond acceptors (Lipinski definition) is 6. The summed E-state index contributed by atoms with van der Waals surface area (Å²) in [5.41, 5.74) is 0.846. The van der Waals surface area contributed by atoms with Gasteiger partial charge in [-0.25, -0.2) is 4.98 Å². The van der Waals surface area contributed by atoms with Gasteiger partial charge in [0, 0.05) is 12.0 Å². The van der Waals surface area contributed by atoms with E-state index in [1.807, 2.05) is 19.2 Å². The van der Waals surface area contributed by atoms with Gasteiger partial charge in [0.15, 0.2) is 0 Å². The van der Waals surface area contributed by atoms with E-state index in [0.717, 1.165) is 10.7 Å². The second kappa shape index (κ2) is 5.89. The Morgan fingerprint density at radius 1 is 1.63 bits per heavy atom. The van der Waals surface area contributed by atoms with Gasteiger partial charge < -0.3 is 19.4 Å². The summed E-state index contributed by atoms with van der Waals surface area (Å²) in [5.74, 6) is -0.155. The van der Waals surface area contributed by atoms with Crippen molar-refractivity contribution < 1.29 is 9.66 Å². The molecular formula is C11H14N4O3S. The van der Waals surface area contributed by atoms with Gasteiger partial charge in [0.2, 0.25) is 6.33 Å². The normalized spacial score (nSPS) is 12.5. The lowest BCUT2D eigenvalue weighted by Gasteiger charge is -2.06. The quantitative estimate of drug-likeness (QED) is 0.600. The van der Waals surface area contributed by atoms with E-state index in [4.69, 9.17) is 4.74 Å². The zero-order valence-electron chi connectivity index (χ0n) is 10.6. The van der Waals surface area contributed by atoms with Gasteiger partial charge in [-0.05, 0) is 23.8 Å². The van der Waals surface area contributed by atoms with Crippen LogP contribution in [0.1, 0.15) is 30.7 Å². The molecule has 7 nitrogen and oxygen atoms in total. The molecule has 0 bridgehead atoms. The predicted molar refractivity (Wildman–Crippen MR) is 70.1 cm³/mol. The van der Waals surface area contributed by atoms with E-state index in [1.165, 1.54) is 23.9 Å². The van der Waals surface area contributed by atoms with E-state index in [0.29, 0.717) is 13.2 Å². The van der Waals surface area contributed by atoms with Crippen molar-refractivity contribution in [3.8, 4) is 0 Å². The van der Waals surface area contributed by atoms with Crippen LogP contribution >= 0.6 is 11.3 Å². The molecule has 0 amide bonds. The van der Waals surface area contributed by atoms with Crippen molar-refractivity contribution in [1.82, 2.24) is 14.5 Å². The first-order valence-corrected chi connectivity index (χ1v) is 6.70. The van der Waals surface area contributed by atoms with Crippen LogP contribution in [0.2, 0.25) is 0 Å². The predicted octanol–water partition coefficient (Wildman–Crippen LogP) is 2.39. The lowest BCUT2D eigenvalue weighted by molar-refractivity contribution is -0.389. The summed E-state index contributed by atoms with van der Waals surface area (Å²) in [5, 5.41) is 13.4. The monoisotopic (exact) mass is 282 g/mol. The molecule has 0 saturated carbocycles. The van der Waals surface area contributed by atoms with Gasteiger partial charge >= 0.3 is 5.82 Å². The Kier molecular flexibility index (Phi) is 4.23. The molecule has 0 unspecified atom stereocenters. The molecule has 19 heavy (non-hydrogen) atoms. The van der Waals surface area contributed by atoms with E-state index in [1.54, 1.807) is 4.57 Å². The highest BCUT2D eigenvalue weighted by Gasteiger charge is 2.13. The molecule has 0 fully saturated rings. The van der Waals surface area contributed by atoms with Crippen LogP contribution in [0, 0.1) is 10.1 Å². The van der Waals surface area contributed by atoms with Gasteiger partial charge in [0.25, 0.3) is 0 Å². The van der Waals surface area contributed by atoms with E-state index in [-0.39, 0.29) is 11.9 Å². The maximum atomic E-state index is 10.5. The Morgan fingerprint density at radius 2 is 2.42 bits per heavy atom. The average molecular weight is 282 g/mol. The molecule has 0 aliphatic rings. The van der Waals surface area contributed by atoms with Crippen molar-refractivity contribution in [3.63, 3.8) is 0 Å². The van der Waals surface area contributed by atoms with E-state index < -0.39 is 4.92 Å². The number of thiazole rings is 1. The Labute approximate surface area is 114 Å². The molecule has 2 aromatic rings. The molecule has 1 atom stereocenters. The largest absolute Gasteiger partial charge is 0.381 e. The molecule has 0 aliphatic carbocycles. The highest BCUT2D eigenvalue weighted by atomic mass is 32.1. The van der Waals surface area contributed by atoms with Gasteiger partial charge in [0.1, 0.15) is 17.3 Å². The van der Waals surface area contributed by atoms with Gasteiger partial charge in [-0.2, -0.15) is 0 Å². The minimum absolute atomic E-state index is 0.0270. The molecule has 102 valence electrons. The summed E-state index contributed by atoms with van der Waals surface area (Å²) in [6.07, 6.45) is 2.80. The lowest BCUT2D eigenvalue weighted by atomic mass is 10.4. The first kappa shape index (κ1) is 13.6. The first-order chi connectivity index (χ1) is 9.10. The molecule has 2 heterocycles. The zero-order chi connectivity index (χ0) is 13.8. The molecule has 2 rings (SSSR count). The van der Waals surface area contributed by atoms with Crippen molar-refractivity contribution >= 4 is 17.2 Å². The standard InChI is InChI=1S/C11H14N4O3S/c1-3-18-8(2)11-13-9(6-19-11)4-14-5-10(12-7-14)15(16)17/h5-8H,3-4H2,1-2H3/t8-/m1/s1. The number of hydrogen-bond donors (Lipinski definition) is 0. The summed E-state index contributed by atoms with van der Waals surface area (Å²) in [7, 11) is 0. The number of nitro groups is 1. The van der Waals surface area contributed by atoms with Crippen LogP contribution in [-0.2, 0) is 11.3 Å². The van der Waals surface area contributed by atoms with Gasteiger partial charge in [-0.1, -0.05) is 0 Å². The van der Waals surface area contributed by atoms with Gasteiger partial charge in [-0.3, -0.25) is 0 Å². The Bertz CT molecular complexity index is 566. The Morgan fingerprint density at radius 3 is 3.05 bits per heavy atom. The molecule has 0 aliphatic heterocycles. The second-order valence-corrected chi connectivity index (χ2v) is 4.83. The number of aromatic nitrogens is 3. The van der Waals surface area contributed by atoms with Crippen molar-refractivity contribution in [2.24, 2.45) is 0 Å². The number of imidazole rings is 1. The van der Waals surface area contributed by atoms with E-state index in [2.05, 4.69) is 9.97 Å². The second-order valence-electron chi connectivity index (χ2n) is 3.94. The van der Waals surface area contributed by atoms with E-state index >= 15 is 0 Å². The highest BCUT2D eigenvalue weighted by Crippen LogP contribution is 2.21. The van der Waals surface area contributed by atoms with Crippen LogP contribution < -0.4 is 0 Å². The summed E-state index contributed by atoms with van der Waals surface area (Å²) in [6, 6.07) is 0. The van der Waals surface area contributed by atoms with Crippen molar-refractivity contribution in [2.45, 2.75) is 26.5 Å². The fourth-order valence-electron chi connectivity index (χ4n) is 1.62. The van der Waals surface area contributed by atoms with Gasteiger partial charge in [0.05, 0.1) is 12.2 Å². The van der Waals surface area contributed by atoms with Crippen LogP contribution in [0.3, 0.4) is 0 Å². The third kappa shape index (κ3) is 3.36. The molecule has 0 aromatic carbocycles. The Hall–Kier alpha value is -1.80. The maximum absolute atomic E-state index is 10.5. The van der Waals surface area contributed by atoms with Crippen LogP contribution in [0.25, 0.3) is 0 Å². The maximum Gasteiger partial charge on any atom is 0.381 e. The smallest absolute Gasteiger partial charge is 0.372 e. The Balaban J connectivity index is 2.04. The van der Waals surface area contributed by atoms with E-state index in [9.17, 15) is 10.1 Å². The summed E-state index contributed by atoms with van der Waals surface area (Å²) < 4.78 is 7.11. The molecule has 8 heteroatoms. The third-order valence-corrected chi connectivity index (χ3v) is 3.54. The topological polar surface area (TPSA) is 83.1 Å². The van der Waals surface area contributed by atoms with Crippen LogP contribution in [0.15, 0.2) is 17.9 Å². The summed E-state index contributed by atoms with van der Waals surface area (Å²) in [6.45, 7) is 5.00. The SMILES string of the molecule is CCO[C@H](C)c1nc(Cn2cnc([N+](=O)[O-])c2)cs1. The van der Waals surface area contributed by atoms with Crippen molar-refractivity contribution in [3.05, 3.63) is 38.7 Å². The van der Waals surface area contributed by atoms with Gasteiger partial charge in [-0.15, -0.1) is 11.3 Å². The first-order valence-electron chi connectivity index (χ1n) is 5.82. The van der Waals surface area contributed by atoms with Crippen LogP contribution in [-0.4, -0.2) is 26.1 Å². The molecule has 0 saturated heterocycles. The molecule has 0 radical (unpaired) electrons. The molecule has 0 spiro atoms. The lowest BCUT2D eigenvalue weighted by Crippen LogP contribution is -2.01. The average Bonchev–Trinajstić information content (AvgIpc) is 2.99. The zero-order valence-corrected chi connectivity index (χ0v) is 11.5. The summed E-state index contributed by atoms with van der Waals surface area (Å²) in [4.78, 5) is 18.2.